The summed E-state index contributed by atoms with van der Waals surface area (Å²) in [5, 5.41) is 2.13. The first-order chi connectivity index (χ1) is 8.66. The number of para-hydroxylation sites is 1. The highest BCUT2D eigenvalue weighted by Crippen LogP contribution is 2.15. The number of hydrogen-bond acceptors (Lipinski definition) is 2. The normalized spacial score (nSPS) is 10.8. The Labute approximate surface area is 125 Å². The van der Waals surface area contributed by atoms with Crippen LogP contribution in [0.5, 0.6) is 5.75 Å². The largest absolute Gasteiger partial charge is 1.00 e. The summed E-state index contributed by atoms with van der Waals surface area (Å²) in [7, 11) is 4.49. The molecule has 0 amide bonds. The number of rotatable bonds is 6. The standard InChI is InChI=1S/C15H20NOS.ClH/c1-16(2,13-15-9-6-12-18-15)10-11-17-14-7-4-3-5-8-14;/h3-9,12H,10-11,13H2,1-2H3;1H/q+1;/p-1. The van der Waals surface area contributed by atoms with Gasteiger partial charge in [0.25, 0.3) is 0 Å². The van der Waals surface area contributed by atoms with E-state index >= 15 is 0 Å². The van der Waals surface area contributed by atoms with Crippen LogP contribution in [0.15, 0.2) is 47.8 Å². The molecule has 1 heterocycles. The molecule has 2 rings (SSSR count). The minimum atomic E-state index is 0. The third-order valence-electron chi connectivity index (χ3n) is 2.87. The van der Waals surface area contributed by atoms with Gasteiger partial charge in [0.05, 0.1) is 19.0 Å². The average Bonchev–Trinajstić information content (AvgIpc) is 2.82. The first-order valence-corrected chi connectivity index (χ1v) is 7.06. The summed E-state index contributed by atoms with van der Waals surface area (Å²) in [6.07, 6.45) is 0. The summed E-state index contributed by atoms with van der Waals surface area (Å²) in [4.78, 5) is 1.43. The van der Waals surface area contributed by atoms with Crippen LogP contribution >= 0.6 is 11.3 Å². The summed E-state index contributed by atoms with van der Waals surface area (Å²) in [5.41, 5.74) is 0. The van der Waals surface area contributed by atoms with E-state index in [4.69, 9.17) is 4.74 Å². The van der Waals surface area contributed by atoms with E-state index in [0.29, 0.717) is 0 Å². The lowest BCUT2D eigenvalue weighted by Gasteiger charge is -2.29. The maximum Gasteiger partial charge on any atom is 0.137 e. The summed E-state index contributed by atoms with van der Waals surface area (Å²) in [5.74, 6) is 0.952. The molecule has 0 bridgehead atoms. The predicted molar refractivity (Wildman–Crippen MR) is 76.9 cm³/mol. The van der Waals surface area contributed by atoms with Crippen LogP contribution in [-0.2, 0) is 6.54 Å². The van der Waals surface area contributed by atoms with Crippen molar-refractivity contribution in [2.45, 2.75) is 6.54 Å². The SMILES string of the molecule is C[N+](C)(CCOc1ccccc1)Cc1cccs1.[Cl-]. The molecule has 19 heavy (non-hydrogen) atoms. The number of benzene rings is 1. The van der Waals surface area contributed by atoms with Crippen molar-refractivity contribution >= 4 is 11.3 Å². The Bertz CT molecular complexity index is 456. The lowest BCUT2D eigenvalue weighted by Crippen LogP contribution is -3.00. The Kier molecular flexibility index (Phi) is 6.35. The van der Waals surface area contributed by atoms with Gasteiger partial charge in [0.1, 0.15) is 25.4 Å². The Morgan fingerprint density at radius 1 is 1.05 bits per heavy atom. The number of halogens is 1. The molecule has 0 spiro atoms. The van der Waals surface area contributed by atoms with Crippen molar-refractivity contribution in [3.8, 4) is 5.75 Å². The highest BCUT2D eigenvalue weighted by atomic mass is 35.5. The molecule has 0 saturated heterocycles. The van der Waals surface area contributed by atoms with Gasteiger partial charge in [-0.3, -0.25) is 0 Å². The number of ether oxygens (including phenoxy) is 1. The maximum atomic E-state index is 5.75. The van der Waals surface area contributed by atoms with E-state index in [9.17, 15) is 0 Å². The van der Waals surface area contributed by atoms with Gasteiger partial charge in [-0.2, -0.15) is 0 Å². The molecule has 0 saturated carbocycles. The second kappa shape index (κ2) is 7.53. The second-order valence-electron chi connectivity index (χ2n) is 5.06. The number of likely N-dealkylation sites (N-methyl/N-ethyl adjacent to an activating group) is 1. The highest BCUT2D eigenvalue weighted by molar-refractivity contribution is 7.09. The third kappa shape index (κ3) is 5.64. The zero-order valence-corrected chi connectivity index (χ0v) is 13.0. The van der Waals surface area contributed by atoms with E-state index in [0.717, 1.165) is 29.9 Å². The van der Waals surface area contributed by atoms with Crippen LogP contribution in [0.2, 0.25) is 0 Å². The Balaban J connectivity index is 0.00000180. The number of thiophene rings is 1. The van der Waals surface area contributed by atoms with Crippen LogP contribution in [0, 0.1) is 0 Å². The predicted octanol–water partition coefficient (Wildman–Crippen LogP) is 0.408. The van der Waals surface area contributed by atoms with Crippen molar-refractivity contribution in [3.63, 3.8) is 0 Å². The minimum Gasteiger partial charge on any atom is -1.00 e. The molecule has 0 aliphatic heterocycles. The van der Waals surface area contributed by atoms with Gasteiger partial charge in [0.15, 0.2) is 0 Å². The first-order valence-electron chi connectivity index (χ1n) is 6.18. The third-order valence-corrected chi connectivity index (χ3v) is 3.73. The van der Waals surface area contributed by atoms with Crippen molar-refractivity contribution in [3.05, 3.63) is 52.7 Å². The lowest BCUT2D eigenvalue weighted by atomic mass is 10.3. The van der Waals surface area contributed by atoms with Gasteiger partial charge in [-0.25, -0.2) is 0 Å². The van der Waals surface area contributed by atoms with E-state index in [1.807, 2.05) is 41.7 Å². The van der Waals surface area contributed by atoms with Gasteiger partial charge < -0.3 is 21.6 Å². The van der Waals surface area contributed by atoms with Crippen molar-refractivity contribution in [1.29, 1.82) is 0 Å². The number of quaternary nitrogens is 1. The van der Waals surface area contributed by atoms with E-state index in [2.05, 4.69) is 31.6 Å². The van der Waals surface area contributed by atoms with Gasteiger partial charge in [0.2, 0.25) is 0 Å². The smallest absolute Gasteiger partial charge is 0.137 e. The fourth-order valence-corrected chi connectivity index (χ4v) is 2.74. The number of nitrogens with zero attached hydrogens (tertiary/aromatic N) is 1. The van der Waals surface area contributed by atoms with Crippen molar-refractivity contribution in [1.82, 2.24) is 0 Å². The molecular formula is C15H20ClNOS. The molecule has 2 nitrogen and oxygen atoms in total. The summed E-state index contributed by atoms with van der Waals surface area (Å²) in [6, 6.07) is 14.3. The second-order valence-corrected chi connectivity index (χ2v) is 6.09. The monoisotopic (exact) mass is 297 g/mol. The zero-order chi connectivity index (χ0) is 12.8. The summed E-state index contributed by atoms with van der Waals surface area (Å²) in [6.45, 7) is 2.82. The molecule has 4 heteroatoms. The molecule has 1 aromatic heterocycles. The molecule has 2 aromatic rings. The van der Waals surface area contributed by atoms with Gasteiger partial charge in [-0.15, -0.1) is 11.3 Å². The highest BCUT2D eigenvalue weighted by Gasteiger charge is 2.16. The van der Waals surface area contributed by atoms with Gasteiger partial charge in [-0.1, -0.05) is 24.3 Å². The van der Waals surface area contributed by atoms with E-state index in [1.54, 1.807) is 0 Å². The van der Waals surface area contributed by atoms with Crippen LogP contribution in [-0.4, -0.2) is 31.7 Å². The molecule has 0 fully saturated rings. The van der Waals surface area contributed by atoms with E-state index < -0.39 is 0 Å². The molecule has 0 unspecified atom stereocenters. The molecule has 0 aliphatic rings. The molecule has 0 aliphatic carbocycles. The molecule has 0 N–H and O–H groups in total. The number of hydrogen-bond donors (Lipinski definition) is 0. The first kappa shape index (κ1) is 16.0. The fraction of sp³-hybridized carbons (Fsp3) is 0.333. The van der Waals surface area contributed by atoms with Crippen LogP contribution < -0.4 is 17.1 Å². The van der Waals surface area contributed by atoms with Crippen LogP contribution in [0.25, 0.3) is 0 Å². The fourth-order valence-electron chi connectivity index (χ4n) is 1.83. The van der Waals surface area contributed by atoms with Gasteiger partial charge >= 0.3 is 0 Å². The molecule has 0 radical (unpaired) electrons. The quantitative estimate of drug-likeness (QED) is 0.702. The van der Waals surface area contributed by atoms with Crippen molar-refractivity contribution in [2.75, 3.05) is 27.2 Å². The Morgan fingerprint density at radius 2 is 1.79 bits per heavy atom. The molecule has 0 atom stereocenters. The van der Waals surface area contributed by atoms with Crippen LogP contribution in [0.3, 0.4) is 0 Å². The lowest BCUT2D eigenvalue weighted by molar-refractivity contribution is -0.903. The maximum absolute atomic E-state index is 5.75. The summed E-state index contributed by atoms with van der Waals surface area (Å²) < 4.78 is 6.70. The molecular weight excluding hydrogens is 278 g/mol. The van der Waals surface area contributed by atoms with Crippen molar-refractivity contribution in [2.24, 2.45) is 0 Å². The molecule has 104 valence electrons. The van der Waals surface area contributed by atoms with Gasteiger partial charge in [-0.05, 0) is 23.6 Å². The van der Waals surface area contributed by atoms with Crippen molar-refractivity contribution < 1.29 is 21.6 Å². The van der Waals surface area contributed by atoms with E-state index in [1.165, 1.54) is 4.88 Å². The van der Waals surface area contributed by atoms with E-state index in [-0.39, 0.29) is 12.4 Å². The van der Waals surface area contributed by atoms with Crippen LogP contribution in [0.4, 0.5) is 0 Å². The minimum absolute atomic E-state index is 0. The Morgan fingerprint density at radius 3 is 2.42 bits per heavy atom. The van der Waals surface area contributed by atoms with Gasteiger partial charge in [0, 0.05) is 0 Å². The zero-order valence-electron chi connectivity index (χ0n) is 11.4. The topological polar surface area (TPSA) is 9.23 Å². The van der Waals surface area contributed by atoms with Crippen LogP contribution in [0.1, 0.15) is 4.88 Å². The molecule has 1 aromatic carbocycles. The average molecular weight is 298 g/mol. The Hall–Kier alpha value is -1.03. The summed E-state index contributed by atoms with van der Waals surface area (Å²) >= 11 is 1.82.